The van der Waals surface area contributed by atoms with Gasteiger partial charge in [-0.15, -0.1) is 0 Å². The Morgan fingerprint density at radius 1 is 1.38 bits per heavy atom. The van der Waals surface area contributed by atoms with Gasteiger partial charge in [-0.2, -0.15) is 4.98 Å². The summed E-state index contributed by atoms with van der Waals surface area (Å²) in [6.07, 6.45) is 3.35. The Morgan fingerprint density at radius 2 is 2.12 bits per heavy atom. The van der Waals surface area contributed by atoms with Crippen molar-refractivity contribution < 1.29 is 4.74 Å². The summed E-state index contributed by atoms with van der Waals surface area (Å²) in [6, 6.07) is 1.95. The average Bonchev–Trinajstić information content (AvgIpc) is 2.29. The van der Waals surface area contributed by atoms with E-state index < -0.39 is 0 Å². The number of ether oxygens (including phenoxy) is 1. The second-order valence-electron chi connectivity index (χ2n) is 4.17. The molecule has 0 amide bonds. The van der Waals surface area contributed by atoms with Crippen molar-refractivity contribution in [3.8, 4) is 5.88 Å². The molecule has 2 rings (SSSR count). The molecule has 1 N–H and O–H groups in total. The van der Waals surface area contributed by atoms with Gasteiger partial charge in [0.2, 0.25) is 5.88 Å². The first-order chi connectivity index (χ1) is 7.78. The first-order valence-electron chi connectivity index (χ1n) is 6.00. The van der Waals surface area contributed by atoms with E-state index >= 15 is 0 Å². The summed E-state index contributed by atoms with van der Waals surface area (Å²) in [5.41, 5.74) is 1.05. The molecule has 0 radical (unpaired) electrons. The van der Waals surface area contributed by atoms with Crippen LogP contribution in [0.4, 0.5) is 0 Å². The maximum absolute atomic E-state index is 5.89. The molecule has 1 saturated heterocycles. The topological polar surface area (TPSA) is 47.0 Å². The fourth-order valence-electron chi connectivity index (χ4n) is 1.92. The maximum atomic E-state index is 5.89. The van der Waals surface area contributed by atoms with E-state index in [1.54, 1.807) is 0 Å². The molecule has 0 saturated carbocycles. The van der Waals surface area contributed by atoms with Crippen LogP contribution in [0.15, 0.2) is 6.07 Å². The normalized spacial score (nSPS) is 17.4. The Bertz CT molecular complexity index is 348. The van der Waals surface area contributed by atoms with Crippen LogP contribution in [0.25, 0.3) is 0 Å². The Labute approximate surface area is 96.4 Å². The van der Waals surface area contributed by atoms with Crippen molar-refractivity contribution in [1.29, 1.82) is 0 Å². The van der Waals surface area contributed by atoms with E-state index in [1.807, 2.05) is 13.0 Å². The Hall–Kier alpha value is -1.16. The zero-order valence-corrected chi connectivity index (χ0v) is 9.99. The number of nitrogens with zero attached hydrogens (tertiary/aromatic N) is 2. The van der Waals surface area contributed by atoms with Crippen LogP contribution >= 0.6 is 0 Å². The lowest BCUT2D eigenvalue weighted by Crippen LogP contribution is -2.34. The van der Waals surface area contributed by atoms with Crippen molar-refractivity contribution in [3.05, 3.63) is 17.6 Å². The van der Waals surface area contributed by atoms with Crippen LogP contribution in [0.2, 0.25) is 0 Å². The SMILES string of the molecule is CCc1cc(OC2CCNCC2)nc(C)n1. The first kappa shape index (κ1) is 11.3. The number of hydrogen-bond acceptors (Lipinski definition) is 4. The van der Waals surface area contributed by atoms with E-state index in [0.29, 0.717) is 6.10 Å². The van der Waals surface area contributed by atoms with Crippen LogP contribution < -0.4 is 10.1 Å². The largest absolute Gasteiger partial charge is 0.474 e. The molecule has 2 heterocycles. The van der Waals surface area contributed by atoms with Gasteiger partial charge in [0.05, 0.1) is 0 Å². The van der Waals surface area contributed by atoms with Crippen molar-refractivity contribution in [2.75, 3.05) is 13.1 Å². The highest BCUT2D eigenvalue weighted by Crippen LogP contribution is 2.15. The van der Waals surface area contributed by atoms with Gasteiger partial charge >= 0.3 is 0 Å². The van der Waals surface area contributed by atoms with Crippen molar-refractivity contribution in [1.82, 2.24) is 15.3 Å². The summed E-state index contributed by atoms with van der Waals surface area (Å²) in [4.78, 5) is 8.66. The molecule has 1 fully saturated rings. The Kier molecular flexibility index (Phi) is 3.72. The van der Waals surface area contributed by atoms with Crippen LogP contribution in [0, 0.1) is 6.92 Å². The summed E-state index contributed by atoms with van der Waals surface area (Å²) >= 11 is 0. The number of rotatable bonds is 3. The fourth-order valence-corrected chi connectivity index (χ4v) is 1.92. The zero-order chi connectivity index (χ0) is 11.4. The van der Waals surface area contributed by atoms with Gasteiger partial charge in [0.15, 0.2) is 0 Å². The molecule has 1 aliphatic rings. The van der Waals surface area contributed by atoms with Gasteiger partial charge in [-0.1, -0.05) is 6.92 Å². The predicted molar refractivity (Wildman–Crippen MR) is 62.7 cm³/mol. The highest BCUT2D eigenvalue weighted by atomic mass is 16.5. The van der Waals surface area contributed by atoms with Crippen LogP contribution in [-0.2, 0) is 6.42 Å². The molecule has 0 unspecified atom stereocenters. The van der Waals surface area contributed by atoms with Crippen molar-refractivity contribution in [3.63, 3.8) is 0 Å². The quantitative estimate of drug-likeness (QED) is 0.839. The van der Waals surface area contributed by atoms with Crippen LogP contribution in [0.3, 0.4) is 0 Å². The minimum atomic E-state index is 0.306. The molecule has 0 aromatic carbocycles. The summed E-state index contributed by atoms with van der Waals surface area (Å²) in [5, 5.41) is 3.32. The van der Waals surface area contributed by atoms with Gasteiger partial charge in [-0.3, -0.25) is 0 Å². The molecule has 16 heavy (non-hydrogen) atoms. The van der Waals surface area contributed by atoms with Gasteiger partial charge in [0, 0.05) is 11.8 Å². The third-order valence-corrected chi connectivity index (χ3v) is 2.80. The number of aryl methyl sites for hydroxylation is 2. The van der Waals surface area contributed by atoms with Gasteiger partial charge in [-0.25, -0.2) is 4.98 Å². The molecule has 0 bridgehead atoms. The van der Waals surface area contributed by atoms with E-state index in [-0.39, 0.29) is 0 Å². The monoisotopic (exact) mass is 221 g/mol. The lowest BCUT2D eigenvalue weighted by atomic mass is 10.1. The number of piperidine rings is 1. The second kappa shape index (κ2) is 5.25. The second-order valence-corrected chi connectivity index (χ2v) is 4.17. The molecular weight excluding hydrogens is 202 g/mol. The molecule has 1 aliphatic heterocycles. The van der Waals surface area contributed by atoms with E-state index in [4.69, 9.17) is 4.74 Å². The molecule has 88 valence electrons. The average molecular weight is 221 g/mol. The van der Waals surface area contributed by atoms with Crippen molar-refractivity contribution in [2.24, 2.45) is 0 Å². The Balaban J connectivity index is 2.04. The van der Waals surface area contributed by atoms with Gasteiger partial charge < -0.3 is 10.1 Å². The molecule has 0 atom stereocenters. The molecule has 4 heteroatoms. The number of hydrogen-bond donors (Lipinski definition) is 1. The predicted octanol–water partition coefficient (Wildman–Crippen LogP) is 1.48. The summed E-state index contributed by atoms with van der Waals surface area (Å²) in [5.74, 6) is 1.53. The van der Waals surface area contributed by atoms with Crippen molar-refractivity contribution in [2.45, 2.75) is 39.2 Å². The summed E-state index contributed by atoms with van der Waals surface area (Å²) < 4.78 is 5.89. The third kappa shape index (κ3) is 2.92. The molecule has 0 spiro atoms. The van der Waals surface area contributed by atoms with E-state index in [1.165, 1.54) is 0 Å². The maximum Gasteiger partial charge on any atom is 0.217 e. The molecule has 1 aromatic rings. The third-order valence-electron chi connectivity index (χ3n) is 2.80. The van der Waals surface area contributed by atoms with Crippen molar-refractivity contribution >= 4 is 0 Å². The standard InChI is InChI=1S/C12H19N3O/c1-3-10-8-12(15-9(2)14-10)16-11-4-6-13-7-5-11/h8,11,13H,3-7H2,1-2H3. The fraction of sp³-hybridized carbons (Fsp3) is 0.667. The van der Waals surface area contributed by atoms with Crippen LogP contribution in [0.5, 0.6) is 5.88 Å². The van der Waals surface area contributed by atoms with E-state index in [9.17, 15) is 0 Å². The van der Waals surface area contributed by atoms with Crippen LogP contribution in [0.1, 0.15) is 31.3 Å². The number of aromatic nitrogens is 2. The smallest absolute Gasteiger partial charge is 0.217 e. The molecule has 0 aliphatic carbocycles. The highest BCUT2D eigenvalue weighted by molar-refractivity contribution is 5.16. The van der Waals surface area contributed by atoms with Gasteiger partial charge in [-0.05, 0) is 39.3 Å². The molecule has 1 aromatic heterocycles. The molecular formula is C12H19N3O. The first-order valence-corrected chi connectivity index (χ1v) is 6.00. The van der Waals surface area contributed by atoms with E-state index in [0.717, 1.165) is 49.8 Å². The summed E-state index contributed by atoms with van der Waals surface area (Å²) in [6.45, 7) is 6.08. The summed E-state index contributed by atoms with van der Waals surface area (Å²) in [7, 11) is 0. The van der Waals surface area contributed by atoms with E-state index in [2.05, 4.69) is 22.2 Å². The minimum absolute atomic E-state index is 0.306. The van der Waals surface area contributed by atoms with Gasteiger partial charge in [0.25, 0.3) is 0 Å². The molecule has 4 nitrogen and oxygen atoms in total. The highest BCUT2D eigenvalue weighted by Gasteiger charge is 2.15. The zero-order valence-electron chi connectivity index (χ0n) is 9.99. The lowest BCUT2D eigenvalue weighted by molar-refractivity contribution is 0.155. The van der Waals surface area contributed by atoms with Gasteiger partial charge in [0.1, 0.15) is 11.9 Å². The minimum Gasteiger partial charge on any atom is -0.474 e. The number of nitrogens with one attached hydrogen (secondary N) is 1. The Morgan fingerprint density at radius 3 is 2.81 bits per heavy atom. The van der Waals surface area contributed by atoms with Crippen LogP contribution in [-0.4, -0.2) is 29.2 Å². The lowest BCUT2D eigenvalue weighted by Gasteiger charge is -2.23.